The molecule has 0 aliphatic carbocycles. The summed E-state index contributed by atoms with van der Waals surface area (Å²) in [4.78, 5) is 0. The lowest BCUT2D eigenvalue weighted by molar-refractivity contribution is 0.141. The summed E-state index contributed by atoms with van der Waals surface area (Å²) < 4.78 is 6.08. The number of rotatable bonds is 5. The van der Waals surface area contributed by atoms with E-state index in [1.54, 1.807) is 7.11 Å². The lowest BCUT2D eigenvalue weighted by Crippen LogP contribution is -2.31. The fourth-order valence-corrected chi connectivity index (χ4v) is 2.03. The summed E-state index contributed by atoms with van der Waals surface area (Å²) in [5, 5.41) is 9.60. The van der Waals surface area contributed by atoms with Crippen LogP contribution in [0.4, 0.5) is 0 Å². The number of methoxy groups -OCH3 is 1. The van der Waals surface area contributed by atoms with E-state index in [9.17, 15) is 5.11 Å². The maximum atomic E-state index is 9.60. The molecule has 0 fully saturated rings. The number of aliphatic hydroxyl groups excluding tert-OH is 1. The standard InChI is InChI=1S/C12H18BrNO2/c1-8(14)11(15)5-3-9-4-6-12(16-2)10(13)7-9/h4,6-8,11,15H,3,5,14H2,1-2H3. The molecule has 4 heteroatoms. The normalized spacial score (nSPS) is 14.6. The molecule has 3 N–H and O–H groups in total. The van der Waals surface area contributed by atoms with E-state index in [2.05, 4.69) is 15.9 Å². The first-order valence-electron chi connectivity index (χ1n) is 5.30. The maximum Gasteiger partial charge on any atom is 0.133 e. The fraction of sp³-hybridized carbons (Fsp3) is 0.500. The Morgan fingerprint density at radius 3 is 2.69 bits per heavy atom. The quantitative estimate of drug-likeness (QED) is 0.872. The summed E-state index contributed by atoms with van der Waals surface area (Å²) in [7, 11) is 1.64. The van der Waals surface area contributed by atoms with Crippen molar-refractivity contribution in [1.29, 1.82) is 0 Å². The smallest absolute Gasteiger partial charge is 0.133 e. The number of aryl methyl sites for hydroxylation is 1. The summed E-state index contributed by atoms with van der Waals surface area (Å²) in [6.45, 7) is 1.81. The Hall–Kier alpha value is -0.580. The summed E-state index contributed by atoms with van der Waals surface area (Å²) in [5.41, 5.74) is 6.76. The predicted octanol–water partition coefficient (Wildman–Crippen LogP) is 2.10. The molecule has 0 heterocycles. The third-order valence-corrected chi connectivity index (χ3v) is 3.17. The third kappa shape index (κ3) is 3.77. The van der Waals surface area contributed by atoms with Crippen LogP contribution in [0, 0.1) is 0 Å². The van der Waals surface area contributed by atoms with Gasteiger partial charge in [0.05, 0.1) is 17.7 Å². The molecule has 3 nitrogen and oxygen atoms in total. The molecule has 1 rings (SSSR count). The van der Waals surface area contributed by atoms with Crippen LogP contribution in [0.15, 0.2) is 22.7 Å². The zero-order valence-corrected chi connectivity index (χ0v) is 11.2. The Morgan fingerprint density at radius 2 is 2.19 bits per heavy atom. The van der Waals surface area contributed by atoms with E-state index in [1.807, 2.05) is 25.1 Å². The van der Waals surface area contributed by atoms with E-state index in [1.165, 1.54) is 0 Å². The van der Waals surface area contributed by atoms with Gasteiger partial charge >= 0.3 is 0 Å². The maximum absolute atomic E-state index is 9.60. The molecule has 1 aromatic carbocycles. The second-order valence-electron chi connectivity index (χ2n) is 3.93. The Morgan fingerprint density at radius 1 is 1.50 bits per heavy atom. The summed E-state index contributed by atoms with van der Waals surface area (Å²) in [6.07, 6.45) is 1.04. The molecule has 0 aliphatic rings. The van der Waals surface area contributed by atoms with Gasteiger partial charge in [-0.05, 0) is 53.4 Å². The van der Waals surface area contributed by atoms with E-state index >= 15 is 0 Å². The van der Waals surface area contributed by atoms with Crippen molar-refractivity contribution in [3.05, 3.63) is 28.2 Å². The Balaban J connectivity index is 2.58. The first-order chi connectivity index (χ1) is 7.54. The van der Waals surface area contributed by atoms with Crippen molar-refractivity contribution < 1.29 is 9.84 Å². The number of hydrogen-bond acceptors (Lipinski definition) is 3. The molecular weight excluding hydrogens is 270 g/mol. The molecular formula is C12H18BrNO2. The number of halogens is 1. The first-order valence-corrected chi connectivity index (χ1v) is 6.10. The van der Waals surface area contributed by atoms with Crippen LogP contribution in [0.2, 0.25) is 0 Å². The molecule has 0 saturated carbocycles. The molecule has 0 saturated heterocycles. The molecule has 0 aromatic heterocycles. The minimum Gasteiger partial charge on any atom is -0.496 e. The van der Waals surface area contributed by atoms with Crippen molar-refractivity contribution in [3.63, 3.8) is 0 Å². The van der Waals surface area contributed by atoms with Gasteiger partial charge in [-0.1, -0.05) is 6.07 Å². The molecule has 2 atom stereocenters. The highest BCUT2D eigenvalue weighted by molar-refractivity contribution is 9.10. The highest BCUT2D eigenvalue weighted by Gasteiger charge is 2.10. The number of nitrogens with two attached hydrogens (primary N) is 1. The Kier molecular flexibility index (Phi) is 5.25. The van der Waals surface area contributed by atoms with Gasteiger partial charge < -0.3 is 15.6 Å². The minimum atomic E-state index is -0.444. The molecule has 1 aromatic rings. The zero-order chi connectivity index (χ0) is 12.1. The van der Waals surface area contributed by atoms with E-state index in [0.717, 1.165) is 22.2 Å². The number of benzene rings is 1. The van der Waals surface area contributed by atoms with Gasteiger partial charge in [0.15, 0.2) is 0 Å². The Labute approximate surface area is 105 Å². The molecule has 0 spiro atoms. The van der Waals surface area contributed by atoms with Crippen LogP contribution in [0.1, 0.15) is 18.9 Å². The molecule has 90 valence electrons. The Bertz CT molecular complexity index is 342. The van der Waals surface area contributed by atoms with Gasteiger partial charge in [-0.25, -0.2) is 0 Å². The van der Waals surface area contributed by atoms with Gasteiger partial charge in [0.2, 0.25) is 0 Å². The summed E-state index contributed by atoms with van der Waals surface area (Å²) >= 11 is 3.43. The van der Waals surface area contributed by atoms with Gasteiger partial charge in [0.25, 0.3) is 0 Å². The van der Waals surface area contributed by atoms with Crippen LogP contribution < -0.4 is 10.5 Å². The number of ether oxygens (including phenoxy) is 1. The minimum absolute atomic E-state index is 0.179. The van der Waals surface area contributed by atoms with Crippen LogP contribution in [0.5, 0.6) is 5.75 Å². The molecule has 0 amide bonds. The highest BCUT2D eigenvalue weighted by Crippen LogP contribution is 2.26. The largest absolute Gasteiger partial charge is 0.496 e. The monoisotopic (exact) mass is 287 g/mol. The first kappa shape index (κ1) is 13.5. The number of hydrogen-bond donors (Lipinski definition) is 2. The zero-order valence-electron chi connectivity index (χ0n) is 9.61. The topological polar surface area (TPSA) is 55.5 Å². The lowest BCUT2D eigenvalue weighted by Gasteiger charge is -2.14. The van der Waals surface area contributed by atoms with Crippen LogP contribution >= 0.6 is 15.9 Å². The van der Waals surface area contributed by atoms with Gasteiger partial charge in [-0.15, -0.1) is 0 Å². The predicted molar refractivity (Wildman–Crippen MR) is 68.7 cm³/mol. The van der Waals surface area contributed by atoms with E-state index in [-0.39, 0.29) is 6.04 Å². The highest BCUT2D eigenvalue weighted by atomic mass is 79.9. The fourth-order valence-electron chi connectivity index (χ4n) is 1.44. The molecule has 0 radical (unpaired) electrons. The summed E-state index contributed by atoms with van der Waals surface area (Å²) in [6, 6.07) is 5.74. The third-order valence-electron chi connectivity index (χ3n) is 2.55. The average molecular weight is 288 g/mol. The van der Waals surface area contributed by atoms with Crippen LogP contribution in [-0.2, 0) is 6.42 Å². The second kappa shape index (κ2) is 6.23. The van der Waals surface area contributed by atoms with E-state index < -0.39 is 6.10 Å². The van der Waals surface area contributed by atoms with Crippen molar-refractivity contribution in [1.82, 2.24) is 0 Å². The van der Waals surface area contributed by atoms with Crippen molar-refractivity contribution in [2.75, 3.05) is 7.11 Å². The van der Waals surface area contributed by atoms with Crippen molar-refractivity contribution in [2.45, 2.75) is 31.9 Å². The van der Waals surface area contributed by atoms with Gasteiger partial charge in [-0.3, -0.25) is 0 Å². The van der Waals surface area contributed by atoms with E-state index in [4.69, 9.17) is 10.5 Å². The average Bonchev–Trinajstić information content (AvgIpc) is 2.25. The van der Waals surface area contributed by atoms with Crippen LogP contribution in [0.25, 0.3) is 0 Å². The van der Waals surface area contributed by atoms with Crippen molar-refractivity contribution in [3.8, 4) is 5.75 Å². The molecule has 0 bridgehead atoms. The van der Waals surface area contributed by atoms with Gasteiger partial charge in [0, 0.05) is 6.04 Å². The molecule has 0 aliphatic heterocycles. The molecule has 2 unspecified atom stereocenters. The molecule has 16 heavy (non-hydrogen) atoms. The van der Waals surface area contributed by atoms with Crippen molar-refractivity contribution in [2.24, 2.45) is 5.73 Å². The van der Waals surface area contributed by atoms with Gasteiger partial charge in [0.1, 0.15) is 5.75 Å². The van der Waals surface area contributed by atoms with Crippen LogP contribution in [-0.4, -0.2) is 24.4 Å². The number of aliphatic hydroxyl groups is 1. The van der Waals surface area contributed by atoms with Gasteiger partial charge in [-0.2, -0.15) is 0 Å². The van der Waals surface area contributed by atoms with Crippen molar-refractivity contribution >= 4 is 15.9 Å². The summed E-state index contributed by atoms with van der Waals surface area (Å²) in [5.74, 6) is 0.816. The van der Waals surface area contributed by atoms with Crippen LogP contribution in [0.3, 0.4) is 0 Å². The SMILES string of the molecule is COc1ccc(CCC(O)C(C)N)cc1Br. The van der Waals surface area contributed by atoms with E-state index in [0.29, 0.717) is 6.42 Å². The lowest BCUT2D eigenvalue weighted by atomic mass is 10.0. The second-order valence-corrected chi connectivity index (χ2v) is 4.79.